The Morgan fingerprint density at radius 3 is 1.88 bits per heavy atom. The summed E-state index contributed by atoms with van der Waals surface area (Å²) in [5.74, 6) is -1.18. The molecule has 0 heterocycles. The fourth-order valence-electron chi connectivity index (χ4n) is 1.97. The predicted octanol–water partition coefficient (Wildman–Crippen LogP) is 4.32. The van der Waals surface area contributed by atoms with Gasteiger partial charge in [0.2, 0.25) is 5.96 Å². The van der Waals surface area contributed by atoms with Crippen molar-refractivity contribution < 1.29 is 8.78 Å². The molecule has 5 nitrogen and oxygen atoms in total. The van der Waals surface area contributed by atoms with Crippen LogP contribution < -0.4 is 11.2 Å². The molecule has 2 aromatic rings. The van der Waals surface area contributed by atoms with E-state index < -0.39 is 11.6 Å². The second-order valence-electron chi connectivity index (χ2n) is 5.23. The molecule has 136 valence electrons. The highest BCUT2D eigenvalue weighted by atomic mass is 35.5. The summed E-state index contributed by atoms with van der Waals surface area (Å²) in [6.45, 7) is 3.16. The van der Waals surface area contributed by atoms with Gasteiger partial charge in [0.05, 0.1) is 11.4 Å². The molecule has 0 fully saturated rings. The predicted molar refractivity (Wildman–Crippen MR) is 102 cm³/mol. The van der Waals surface area contributed by atoms with Crippen molar-refractivity contribution in [3.05, 3.63) is 69.2 Å². The minimum absolute atomic E-state index is 0.146. The smallest absolute Gasteiger partial charge is 0.234 e. The van der Waals surface area contributed by atoms with Gasteiger partial charge >= 0.3 is 0 Å². The van der Waals surface area contributed by atoms with Gasteiger partial charge in [-0.2, -0.15) is 10.2 Å². The first-order chi connectivity index (χ1) is 12.3. The van der Waals surface area contributed by atoms with E-state index in [4.69, 9.17) is 28.9 Å². The Hall–Kier alpha value is -2.51. The van der Waals surface area contributed by atoms with Crippen molar-refractivity contribution in [2.75, 3.05) is 0 Å². The van der Waals surface area contributed by atoms with Crippen molar-refractivity contribution in [3.63, 3.8) is 0 Å². The summed E-state index contributed by atoms with van der Waals surface area (Å²) in [4.78, 5) is 0. The van der Waals surface area contributed by atoms with Gasteiger partial charge < -0.3 is 5.73 Å². The maximum Gasteiger partial charge on any atom is 0.234 e. The highest BCUT2D eigenvalue weighted by Gasteiger charge is 2.07. The average molecular weight is 398 g/mol. The molecule has 0 saturated carbocycles. The highest BCUT2D eigenvalue weighted by molar-refractivity contribution is 6.31. The summed E-state index contributed by atoms with van der Waals surface area (Å²) in [5.41, 5.74) is 9.23. The molecule has 0 aliphatic carbocycles. The number of hydrogen-bond acceptors (Lipinski definition) is 3. The normalized spacial score (nSPS) is 13.1. The molecule has 0 aromatic heterocycles. The lowest BCUT2D eigenvalue weighted by molar-refractivity contribution is 0.624. The molecular weight excluding hydrogens is 383 g/mol. The van der Waals surface area contributed by atoms with Gasteiger partial charge in [-0.1, -0.05) is 23.2 Å². The van der Waals surface area contributed by atoms with Gasteiger partial charge in [0, 0.05) is 21.2 Å². The maximum atomic E-state index is 13.8. The zero-order valence-corrected chi connectivity index (χ0v) is 15.4. The van der Waals surface area contributed by atoms with Crippen LogP contribution >= 0.6 is 23.2 Å². The van der Waals surface area contributed by atoms with Crippen LogP contribution in [-0.4, -0.2) is 17.4 Å². The Kier molecular flexibility index (Phi) is 6.65. The summed E-state index contributed by atoms with van der Waals surface area (Å²) in [5, 5.41) is 12.1. The number of nitrogens with one attached hydrogen (secondary N) is 1. The molecular formula is C17H15Cl2F2N5. The third-order valence-electron chi connectivity index (χ3n) is 3.29. The van der Waals surface area contributed by atoms with Gasteiger partial charge in [-0.15, -0.1) is 5.10 Å². The lowest BCUT2D eigenvalue weighted by atomic mass is 10.1. The second kappa shape index (κ2) is 8.73. The average Bonchev–Trinajstić information content (AvgIpc) is 2.57. The van der Waals surface area contributed by atoms with Crippen LogP contribution in [-0.2, 0) is 0 Å². The zero-order chi connectivity index (χ0) is 19.3. The number of nitrogens with zero attached hydrogens (tertiary/aromatic N) is 3. The lowest BCUT2D eigenvalue weighted by Crippen LogP contribution is -2.28. The van der Waals surface area contributed by atoms with E-state index in [0.717, 1.165) is 0 Å². The van der Waals surface area contributed by atoms with E-state index in [1.165, 1.54) is 24.3 Å². The minimum atomic E-state index is -0.521. The molecule has 0 aliphatic rings. The first kappa shape index (κ1) is 19.8. The first-order valence-corrected chi connectivity index (χ1v) is 8.12. The van der Waals surface area contributed by atoms with E-state index in [-0.39, 0.29) is 27.1 Å². The highest BCUT2D eigenvalue weighted by Crippen LogP contribution is 2.16. The van der Waals surface area contributed by atoms with Gasteiger partial charge in [-0.25, -0.2) is 14.2 Å². The summed E-state index contributed by atoms with van der Waals surface area (Å²) < 4.78 is 27.6. The number of nitrogens with two attached hydrogens (primary N) is 1. The molecule has 0 unspecified atom stereocenters. The van der Waals surface area contributed by atoms with Crippen LogP contribution in [0.15, 0.2) is 51.7 Å². The first-order valence-electron chi connectivity index (χ1n) is 7.37. The molecule has 0 radical (unpaired) electrons. The van der Waals surface area contributed by atoms with E-state index >= 15 is 0 Å². The number of benzene rings is 2. The Morgan fingerprint density at radius 1 is 0.885 bits per heavy atom. The quantitative estimate of drug-likeness (QED) is 0.457. The standard InChI is InChI=1S/C17H15Cl2F2N5/c1-9(13-5-3-11(18)7-15(13)20)23-25-17(22)26-24-10(2)14-6-4-12(19)8-16(14)21/h3-8H,1-2H3,(H3,22,25,26)/b23-9+,24-10+. The molecule has 0 bridgehead atoms. The summed E-state index contributed by atoms with van der Waals surface area (Å²) in [6, 6.07) is 8.43. The molecule has 2 rings (SSSR count). The molecule has 0 amide bonds. The summed E-state index contributed by atoms with van der Waals surface area (Å²) in [7, 11) is 0. The number of hydrazone groups is 1. The number of halogens is 4. The van der Waals surface area contributed by atoms with Gasteiger partial charge in [0.1, 0.15) is 11.6 Å². The van der Waals surface area contributed by atoms with E-state index in [0.29, 0.717) is 11.4 Å². The third-order valence-corrected chi connectivity index (χ3v) is 3.76. The largest absolute Gasteiger partial charge is 0.367 e. The van der Waals surface area contributed by atoms with E-state index in [9.17, 15) is 8.78 Å². The van der Waals surface area contributed by atoms with Crippen LogP contribution in [0, 0.1) is 11.6 Å². The fourth-order valence-corrected chi connectivity index (χ4v) is 2.29. The van der Waals surface area contributed by atoms with Crippen LogP contribution in [0.5, 0.6) is 0 Å². The minimum Gasteiger partial charge on any atom is -0.367 e. The third kappa shape index (κ3) is 5.24. The van der Waals surface area contributed by atoms with Crippen LogP contribution in [0.3, 0.4) is 0 Å². The molecule has 0 atom stereocenters. The van der Waals surface area contributed by atoms with Gasteiger partial charge in [-0.3, -0.25) is 0 Å². The van der Waals surface area contributed by atoms with Crippen molar-refractivity contribution in [2.45, 2.75) is 13.8 Å². The van der Waals surface area contributed by atoms with Gasteiger partial charge in [0.25, 0.3) is 0 Å². The molecule has 0 aliphatic heterocycles. The Morgan fingerprint density at radius 2 is 1.38 bits per heavy atom. The Labute approximate surface area is 159 Å². The molecule has 26 heavy (non-hydrogen) atoms. The van der Waals surface area contributed by atoms with Crippen LogP contribution in [0.2, 0.25) is 10.0 Å². The second-order valence-corrected chi connectivity index (χ2v) is 6.10. The zero-order valence-electron chi connectivity index (χ0n) is 13.9. The Bertz CT molecular complexity index is 910. The molecule has 0 spiro atoms. The van der Waals surface area contributed by atoms with Gasteiger partial charge in [-0.05, 0) is 50.2 Å². The van der Waals surface area contributed by atoms with Crippen LogP contribution in [0.25, 0.3) is 0 Å². The molecule has 3 N–H and O–H groups in total. The number of hydrogen-bond donors (Lipinski definition) is 2. The maximum absolute atomic E-state index is 13.8. The van der Waals surface area contributed by atoms with Crippen molar-refractivity contribution in [1.82, 2.24) is 5.43 Å². The number of guanidine groups is 1. The molecule has 0 saturated heterocycles. The van der Waals surface area contributed by atoms with Crippen molar-refractivity contribution in [1.29, 1.82) is 0 Å². The topological polar surface area (TPSA) is 75.1 Å². The fraction of sp³-hybridized carbons (Fsp3) is 0.118. The van der Waals surface area contributed by atoms with Crippen molar-refractivity contribution >= 4 is 40.6 Å². The van der Waals surface area contributed by atoms with Crippen LogP contribution in [0.4, 0.5) is 8.78 Å². The monoisotopic (exact) mass is 397 g/mol. The van der Waals surface area contributed by atoms with E-state index in [1.807, 2.05) is 0 Å². The summed E-state index contributed by atoms with van der Waals surface area (Å²) >= 11 is 11.4. The Balaban J connectivity index is 2.12. The van der Waals surface area contributed by atoms with E-state index in [2.05, 4.69) is 20.7 Å². The van der Waals surface area contributed by atoms with Gasteiger partial charge in [0.15, 0.2) is 0 Å². The van der Waals surface area contributed by atoms with Crippen molar-refractivity contribution in [2.24, 2.45) is 21.0 Å². The molecule has 2 aromatic carbocycles. The lowest BCUT2D eigenvalue weighted by Gasteiger charge is -2.04. The number of rotatable bonds is 4. The molecule has 9 heteroatoms. The van der Waals surface area contributed by atoms with E-state index in [1.54, 1.807) is 26.0 Å². The van der Waals surface area contributed by atoms with Crippen LogP contribution in [0.1, 0.15) is 25.0 Å². The summed E-state index contributed by atoms with van der Waals surface area (Å²) in [6.07, 6.45) is 0. The SMILES string of the molecule is C/C(=N\N=C(N)N/N=C(\C)c1ccc(Cl)cc1F)c1ccc(Cl)cc1F. The van der Waals surface area contributed by atoms with Crippen molar-refractivity contribution in [3.8, 4) is 0 Å².